The van der Waals surface area contributed by atoms with E-state index in [2.05, 4.69) is 38.3 Å². The number of unbranched alkanes of at least 4 members (excludes halogenated alkanes) is 46. The van der Waals surface area contributed by atoms with Gasteiger partial charge in [-0.3, -0.25) is 18.7 Å². The van der Waals surface area contributed by atoms with Crippen molar-refractivity contribution in [2.24, 2.45) is 0 Å². The maximum Gasteiger partial charge on any atom is 0.325 e. The topological polar surface area (TPSA) is 236 Å². The number of allylic oxidation sites excluding steroid dienone is 1. The van der Waals surface area contributed by atoms with Crippen LogP contribution in [0.2, 0.25) is 0 Å². The lowest BCUT2D eigenvalue weighted by atomic mass is 9.99. The molecule has 0 rings (SSSR count). The quantitative estimate of drug-likeness (QED) is 0.0125. The fourth-order valence-electron chi connectivity index (χ4n) is 11.5. The summed E-state index contributed by atoms with van der Waals surface area (Å²) in [5, 5.41) is 38.0. The molecule has 556 valence electrons. The lowest BCUT2D eigenvalue weighted by molar-refractivity contribution is -1.04. The number of amides is 2. The summed E-state index contributed by atoms with van der Waals surface area (Å²) < 4.78 is 44.2. The standard InChI is InChI=1S/C37H77N2O7P.C37H75N2O6P/c1-6-8-10-12-14-16-18-20-22-24-26-28-30-32-36(41)38-34(33-45-47(43,44)46-39(3,4)5)37(42)35(40)31-29-27-25-23-21-19-17-15-13-11-9-7-2;1-6-8-10-12-14-16-18-20-22-24-26-28-30-32-36(40)35(34-44-46(42,43)45-39(3,4)5)38-37(41)33-31-29-27-25-23-21-19-17-15-13-11-9-7-2/h34-35,37,40,42H,6-33H2,1-5H3,(H-,38,41,43,44);30,32,35-36,40H,6-29,31,33-34H2,1-5H3,(H-,38,41,42,43)/b;32-30+/t34-,35-,37-;35-,36+/m00/s1. The highest BCUT2D eigenvalue weighted by atomic mass is 31.2. The summed E-state index contributed by atoms with van der Waals surface area (Å²) in [5.74, 6) is -0.491. The lowest BCUT2D eigenvalue weighted by Crippen LogP contribution is -2.51. The highest BCUT2D eigenvalue weighted by Gasteiger charge is 2.31. The molecule has 17 nitrogen and oxygen atoms in total. The molecule has 0 aromatic carbocycles. The molecular formula is C74H152N4O13P2. The van der Waals surface area contributed by atoms with Crippen LogP contribution in [-0.2, 0) is 37.0 Å². The van der Waals surface area contributed by atoms with Gasteiger partial charge in [0.05, 0.1) is 79.8 Å². The Morgan fingerprint density at radius 3 is 0.925 bits per heavy atom. The van der Waals surface area contributed by atoms with Crippen LogP contribution in [0.3, 0.4) is 0 Å². The average Bonchev–Trinajstić information content (AvgIpc) is 1.06. The van der Waals surface area contributed by atoms with Crippen molar-refractivity contribution in [3.05, 3.63) is 12.2 Å². The molecule has 0 aromatic heterocycles. The van der Waals surface area contributed by atoms with Crippen molar-refractivity contribution < 1.29 is 71.4 Å². The fourth-order valence-corrected chi connectivity index (χ4v) is 13.5. The van der Waals surface area contributed by atoms with Crippen LogP contribution in [0, 0.1) is 0 Å². The summed E-state index contributed by atoms with van der Waals surface area (Å²) in [5.41, 5.74) is 0. The zero-order chi connectivity index (χ0) is 69.6. The molecule has 2 unspecified atom stereocenters. The minimum atomic E-state index is -4.70. The third-order valence-electron chi connectivity index (χ3n) is 17.1. The molecule has 0 aliphatic heterocycles. The summed E-state index contributed by atoms with van der Waals surface area (Å²) in [6.07, 6.45) is 62.2. The van der Waals surface area contributed by atoms with Gasteiger partial charge in [-0.25, -0.2) is 0 Å². The van der Waals surface area contributed by atoms with Crippen LogP contribution in [0.4, 0.5) is 0 Å². The largest absolute Gasteiger partial charge is 0.752 e. The van der Waals surface area contributed by atoms with E-state index in [4.69, 9.17) is 18.3 Å². The number of quaternary nitrogens is 2. The van der Waals surface area contributed by atoms with Crippen LogP contribution in [0.15, 0.2) is 12.2 Å². The zero-order valence-corrected chi connectivity index (χ0v) is 63.9. The van der Waals surface area contributed by atoms with Crippen molar-refractivity contribution in [1.29, 1.82) is 0 Å². The van der Waals surface area contributed by atoms with Crippen LogP contribution < -0.4 is 20.4 Å². The van der Waals surface area contributed by atoms with Crippen LogP contribution >= 0.6 is 15.6 Å². The van der Waals surface area contributed by atoms with Gasteiger partial charge in [0.1, 0.15) is 6.10 Å². The minimum absolute atomic E-state index is 0.206. The molecule has 5 N–H and O–H groups in total. The summed E-state index contributed by atoms with van der Waals surface area (Å²) in [6, 6.07) is -1.96. The van der Waals surface area contributed by atoms with Gasteiger partial charge in [-0.05, 0) is 32.1 Å². The molecule has 7 atom stereocenters. The Morgan fingerprint density at radius 2 is 0.634 bits per heavy atom. The van der Waals surface area contributed by atoms with E-state index < -0.39 is 59.3 Å². The zero-order valence-electron chi connectivity index (χ0n) is 62.1. The molecule has 0 saturated carbocycles. The van der Waals surface area contributed by atoms with Crippen LogP contribution in [0.25, 0.3) is 0 Å². The molecule has 0 bridgehead atoms. The Bertz CT molecular complexity index is 1790. The van der Waals surface area contributed by atoms with Gasteiger partial charge >= 0.3 is 15.6 Å². The summed E-state index contributed by atoms with van der Waals surface area (Å²) >= 11 is 0. The third-order valence-corrected chi connectivity index (χ3v) is 19.4. The second kappa shape index (κ2) is 64.1. The normalized spacial score (nSPS) is 15.1. The Balaban J connectivity index is 0. The fraction of sp³-hybridized carbons (Fsp3) is 0.946. The maximum absolute atomic E-state index is 12.8. The van der Waals surface area contributed by atoms with Crippen LogP contribution in [0.5, 0.6) is 0 Å². The maximum atomic E-state index is 12.8. The molecule has 0 aliphatic rings. The van der Waals surface area contributed by atoms with Gasteiger partial charge < -0.3 is 44.8 Å². The second-order valence-corrected chi connectivity index (χ2v) is 31.4. The van der Waals surface area contributed by atoms with Gasteiger partial charge in [0.2, 0.25) is 11.8 Å². The molecule has 0 spiro atoms. The Kier molecular flexibility index (Phi) is 64.6. The monoisotopic (exact) mass is 1370 g/mol. The summed E-state index contributed by atoms with van der Waals surface area (Å²) in [7, 11) is -0.0237. The van der Waals surface area contributed by atoms with Crippen LogP contribution in [-0.4, -0.2) is 122 Å². The SMILES string of the molecule is CCCCCCCCCCCCC/C=C/[C@@H](O)[C@H](COP(=O)([O-])O[N+](C)(C)C)NC(=O)CCCCCCCCCCCCCCC.CCCCCCCCCCCCCCCC(=O)N[C@@H](COP(=O)([O-])O[N+](C)(C)C)[C@H](O)[C@@H](O)CCCCCCCCCCCCCC. The van der Waals surface area contributed by atoms with E-state index in [1.165, 1.54) is 265 Å². The van der Waals surface area contributed by atoms with E-state index in [0.29, 0.717) is 12.8 Å². The van der Waals surface area contributed by atoms with Gasteiger partial charge in [0.15, 0.2) is 0 Å². The van der Waals surface area contributed by atoms with Gasteiger partial charge in [0, 0.05) is 12.8 Å². The highest BCUT2D eigenvalue weighted by molar-refractivity contribution is 7.45. The van der Waals surface area contributed by atoms with Gasteiger partial charge in [-0.15, -0.1) is 9.25 Å². The first-order chi connectivity index (χ1) is 44.4. The molecule has 0 aliphatic carbocycles. The predicted molar refractivity (Wildman–Crippen MR) is 384 cm³/mol. The van der Waals surface area contributed by atoms with Gasteiger partial charge in [0.25, 0.3) is 0 Å². The Morgan fingerprint density at radius 1 is 0.387 bits per heavy atom. The average molecular weight is 1370 g/mol. The summed E-state index contributed by atoms with van der Waals surface area (Å²) in [6.45, 7) is 8.08. The first-order valence-electron chi connectivity index (χ1n) is 38.7. The first kappa shape index (κ1) is 93.8. The van der Waals surface area contributed by atoms with Crippen molar-refractivity contribution in [3.8, 4) is 0 Å². The Labute approximate surface area is 572 Å². The number of aliphatic hydroxyl groups excluding tert-OH is 3. The van der Waals surface area contributed by atoms with Crippen molar-refractivity contribution in [3.63, 3.8) is 0 Å². The number of carbonyl (C=O) groups is 2. The molecule has 0 saturated heterocycles. The van der Waals surface area contributed by atoms with Gasteiger partial charge in [-0.2, -0.15) is 9.29 Å². The number of nitrogens with zero attached hydrogens (tertiary/aromatic N) is 2. The minimum Gasteiger partial charge on any atom is -0.752 e. The van der Waals surface area contributed by atoms with Crippen molar-refractivity contribution in [2.45, 2.75) is 398 Å². The van der Waals surface area contributed by atoms with E-state index >= 15 is 0 Å². The number of hydrogen-bond donors (Lipinski definition) is 5. The van der Waals surface area contributed by atoms with E-state index in [0.717, 1.165) is 77.0 Å². The number of phosphoric ester groups is 2. The predicted octanol–water partition coefficient (Wildman–Crippen LogP) is 18.6. The van der Waals surface area contributed by atoms with E-state index in [9.17, 15) is 43.8 Å². The lowest BCUT2D eigenvalue weighted by Gasteiger charge is -2.32. The number of aliphatic hydroxyl groups is 3. The number of carbonyl (C=O) groups excluding carboxylic acids is 2. The number of rotatable bonds is 69. The number of hydroxylamine groups is 6. The molecular weight excluding hydrogens is 1210 g/mol. The van der Waals surface area contributed by atoms with E-state index in [1.54, 1.807) is 27.2 Å². The molecule has 0 heterocycles. The molecule has 19 heteroatoms. The number of phosphoric acid groups is 2. The van der Waals surface area contributed by atoms with E-state index in [-0.39, 0.29) is 27.5 Å². The molecule has 0 fully saturated rings. The van der Waals surface area contributed by atoms with Crippen molar-refractivity contribution in [1.82, 2.24) is 10.6 Å². The number of nitrogens with one attached hydrogen (secondary N) is 2. The molecule has 93 heavy (non-hydrogen) atoms. The second-order valence-electron chi connectivity index (χ2n) is 28.7. The smallest absolute Gasteiger partial charge is 0.325 e. The first-order valence-corrected chi connectivity index (χ1v) is 41.6. The third kappa shape index (κ3) is 69.0. The van der Waals surface area contributed by atoms with Gasteiger partial charge in [-0.1, -0.05) is 335 Å². The van der Waals surface area contributed by atoms with Crippen LogP contribution in [0.1, 0.15) is 368 Å². The molecule has 2 amide bonds. The van der Waals surface area contributed by atoms with E-state index in [1.807, 2.05) is 6.08 Å². The Hall–Kier alpha value is -1.30. The van der Waals surface area contributed by atoms with Crippen molar-refractivity contribution in [2.75, 3.05) is 55.5 Å². The molecule has 0 radical (unpaired) electrons. The number of hydrogen-bond acceptors (Lipinski definition) is 13. The van der Waals surface area contributed by atoms with Crippen molar-refractivity contribution >= 4 is 27.5 Å². The summed E-state index contributed by atoms with van der Waals surface area (Å²) in [4.78, 5) is 50.1. The highest BCUT2D eigenvalue weighted by Crippen LogP contribution is 2.41. The molecule has 0 aromatic rings.